The van der Waals surface area contributed by atoms with Gasteiger partial charge in [0.15, 0.2) is 5.78 Å². The highest BCUT2D eigenvalue weighted by Gasteiger charge is 2.39. The zero-order chi connectivity index (χ0) is 21.0. The van der Waals surface area contributed by atoms with Crippen LogP contribution in [0.15, 0.2) is 48.5 Å². The normalized spacial score (nSPS) is 18.8. The van der Waals surface area contributed by atoms with Gasteiger partial charge in [-0.25, -0.2) is 0 Å². The molecule has 5 heteroatoms. The predicted octanol–water partition coefficient (Wildman–Crippen LogP) is 4.33. The van der Waals surface area contributed by atoms with E-state index in [1.165, 1.54) is 0 Å². The molecule has 0 aromatic heterocycles. The van der Waals surface area contributed by atoms with Gasteiger partial charge in [0.2, 0.25) is 0 Å². The van der Waals surface area contributed by atoms with Crippen molar-refractivity contribution in [2.45, 2.75) is 26.2 Å². The molecule has 3 rings (SSSR count). The number of ketones is 1. The third-order valence-corrected chi connectivity index (χ3v) is 5.20. The van der Waals surface area contributed by atoms with Crippen molar-refractivity contribution in [2.24, 2.45) is 5.92 Å². The third-order valence-electron chi connectivity index (χ3n) is 5.20. The molecule has 0 bridgehead atoms. The molecule has 2 atom stereocenters. The second kappa shape index (κ2) is 8.95. The summed E-state index contributed by atoms with van der Waals surface area (Å²) in [4.78, 5) is 25.6. The topological polar surface area (TPSA) is 61.8 Å². The summed E-state index contributed by atoms with van der Waals surface area (Å²) in [6.45, 7) is 3.99. The van der Waals surface area contributed by atoms with E-state index in [2.05, 4.69) is 0 Å². The highest BCUT2D eigenvalue weighted by atomic mass is 16.5. The van der Waals surface area contributed by atoms with Gasteiger partial charge in [-0.1, -0.05) is 29.8 Å². The predicted molar refractivity (Wildman–Crippen MR) is 111 cm³/mol. The van der Waals surface area contributed by atoms with E-state index in [0.29, 0.717) is 17.9 Å². The fourth-order valence-electron chi connectivity index (χ4n) is 3.79. The summed E-state index contributed by atoms with van der Waals surface area (Å²) in [5, 5.41) is 0. The van der Waals surface area contributed by atoms with Crippen LogP contribution in [0.5, 0.6) is 11.5 Å². The first-order valence-corrected chi connectivity index (χ1v) is 9.67. The Kier molecular flexibility index (Phi) is 6.37. The van der Waals surface area contributed by atoms with E-state index in [0.717, 1.165) is 22.3 Å². The molecule has 0 radical (unpaired) electrons. The van der Waals surface area contributed by atoms with Crippen molar-refractivity contribution in [2.75, 3.05) is 20.8 Å². The minimum atomic E-state index is -0.840. The Bertz CT molecular complexity index is 922. The first-order chi connectivity index (χ1) is 14.0. The Hall–Kier alpha value is -3.08. The molecule has 2 aromatic rings. The molecule has 29 heavy (non-hydrogen) atoms. The fraction of sp³-hybridized carbons (Fsp3) is 0.333. The molecule has 0 fully saturated rings. The average molecular weight is 394 g/mol. The van der Waals surface area contributed by atoms with Crippen molar-refractivity contribution in [1.82, 2.24) is 0 Å². The van der Waals surface area contributed by atoms with Gasteiger partial charge in [-0.2, -0.15) is 0 Å². The van der Waals surface area contributed by atoms with Crippen LogP contribution in [0.4, 0.5) is 0 Å². The molecule has 0 unspecified atom stereocenters. The average Bonchev–Trinajstić information content (AvgIpc) is 2.72. The second-order valence-corrected chi connectivity index (χ2v) is 7.13. The molecule has 0 saturated carbocycles. The summed E-state index contributed by atoms with van der Waals surface area (Å²) in [5.41, 5.74) is 3.72. The van der Waals surface area contributed by atoms with E-state index in [1.807, 2.05) is 43.3 Å². The molecule has 1 aliphatic rings. The van der Waals surface area contributed by atoms with Gasteiger partial charge in [0.25, 0.3) is 0 Å². The van der Waals surface area contributed by atoms with E-state index in [4.69, 9.17) is 14.2 Å². The second-order valence-electron chi connectivity index (χ2n) is 7.13. The van der Waals surface area contributed by atoms with Crippen molar-refractivity contribution >= 4 is 17.3 Å². The molecule has 5 nitrogen and oxygen atoms in total. The van der Waals surface area contributed by atoms with Crippen molar-refractivity contribution in [3.8, 4) is 11.5 Å². The molecule has 0 N–H and O–H groups in total. The fourth-order valence-corrected chi connectivity index (χ4v) is 3.79. The van der Waals surface area contributed by atoms with E-state index in [9.17, 15) is 9.59 Å². The maximum atomic E-state index is 13.0. The highest BCUT2D eigenvalue weighted by Crippen LogP contribution is 2.41. The van der Waals surface area contributed by atoms with Gasteiger partial charge in [-0.15, -0.1) is 0 Å². The van der Waals surface area contributed by atoms with E-state index in [-0.39, 0.29) is 18.3 Å². The molecule has 0 spiro atoms. The number of carbonyl (C=O) groups is 2. The monoisotopic (exact) mass is 394 g/mol. The number of ether oxygens (including phenoxy) is 3. The Labute approximate surface area is 171 Å². The van der Waals surface area contributed by atoms with Crippen molar-refractivity contribution in [3.05, 3.63) is 65.2 Å². The third kappa shape index (κ3) is 4.50. The van der Waals surface area contributed by atoms with Crippen LogP contribution in [-0.2, 0) is 14.3 Å². The summed E-state index contributed by atoms with van der Waals surface area (Å²) >= 11 is 0. The van der Waals surface area contributed by atoms with Gasteiger partial charge in [-0.3, -0.25) is 9.59 Å². The number of benzene rings is 2. The van der Waals surface area contributed by atoms with Gasteiger partial charge in [0.1, 0.15) is 17.4 Å². The molecular weight excluding hydrogens is 368 g/mol. The minimum Gasteiger partial charge on any atom is -0.497 e. The number of carbonyl (C=O) groups excluding carboxylic acids is 2. The number of aryl methyl sites for hydroxylation is 1. The maximum Gasteiger partial charge on any atom is 0.317 e. The van der Waals surface area contributed by atoms with Crippen molar-refractivity contribution < 1.29 is 23.8 Å². The van der Waals surface area contributed by atoms with Crippen molar-refractivity contribution in [3.63, 3.8) is 0 Å². The van der Waals surface area contributed by atoms with Gasteiger partial charge in [0.05, 0.1) is 20.8 Å². The van der Waals surface area contributed by atoms with Crippen LogP contribution < -0.4 is 9.47 Å². The van der Waals surface area contributed by atoms with Crippen LogP contribution in [-0.4, -0.2) is 32.6 Å². The van der Waals surface area contributed by atoms with Gasteiger partial charge in [-0.05, 0) is 55.2 Å². The molecule has 0 aliphatic heterocycles. The lowest BCUT2D eigenvalue weighted by Gasteiger charge is -2.30. The van der Waals surface area contributed by atoms with Crippen LogP contribution in [0.25, 0.3) is 5.57 Å². The largest absolute Gasteiger partial charge is 0.497 e. The number of hydrogen-bond acceptors (Lipinski definition) is 5. The molecule has 1 aliphatic carbocycles. The zero-order valence-electron chi connectivity index (χ0n) is 17.2. The standard InChI is InChI=1S/C24H26O5/c1-5-29-24(26)23-21(16-8-6-7-15(2)9-16)12-18(13-22(23)25)17-10-19(27-3)14-20(11-17)28-4/h6-11,13-14,21,23H,5,12H2,1-4H3/t21-,23-/m0/s1. The first-order valence-electron chi connectivity index (χ1n) is 9.67. The Morgan fingerprint density at radius 1 is 1.07 bits per heavy atom. The van der Waals surface area contributed by atoms with Gasteiger partial charge < -0.3 is 14.2 Å². The first kappa shape index (κ1) is 20.6. The Morgan fingerprint density at radius 3 is 2.34 bits per heavy atom. The summed E-state index contributed by atoms with van der Waals surface area (Å²) in [6, 6.07) is 13.5. The van der Waals surface area contributed by atoms with Gasteiger partial charge >= 0.3 is 5.97 Å². The Balaban J connectivity index is 2.07. The SMILES string of the molecule is CCOC(=O)[C@@H]1C(=O)C=C(c2cc(OC)cc(OC)c2)C[C@H]1c1cccc(C)c1. The summed E-state index contributed by atoms with van der Waals surface area (Å²) in [7, 11) is 3.18. The molecule has 0 amide bonds. The molecule has 0 saturated heterocycles. The smallest absolute Gasteiger partial charge is 0.317 e. The highest BCUT2D eigenvalue weighted by molar-refractivity contribution is 6.10. The summed E-state index contributed by atoms with van der Waals surface area (Å²) in [6.07, 6.45) is 2.09. The maximum absolute atomic E-state index is 13.0. The lowest BCUT2D eigenvalue weighted by Crippen LogP contribution is -2.34. The van der Waals surface area contributed by atoms with E-state index >= 15 is 0 Å². The number of esters is 1. The van der Waals surface area contributed by atoms with Crippen LogP contribution in [0.3, 0.4) is 0 Å². The number of hydrogen-bond donors (Lipinski definition) is 0. The number of rotatable bonds is 6. The summed E-state index contributed by atoms with van der Waals surface area (Å²) < 4.78 is 16.0. The van der Waals surface area contributed by atoms with Crippen molar-refractivity contribution in [1.29, 1.82) is 0 Å². The molecule has 0 heterocycles. The van der Waals surface area contributed by atoms with Crippen LogP contribution in [0.1, 0.15) is 36.0 Å². The molecule has 152 valence electrons. The minimum absolute atomic E-state index is 0.238. The lowest BCUT2D eigenvalue weighted by atomic mass is 9.73. The van der Waals surface area contributed by atoms with Crippen LogP contribution in [0, 0.1) is 12.8 Å². The molecular formula is C24H26O5. The van der Waals surface area contributed by atoms with E-state index in [1.54, 1.807) is 33.3 Å². The van der Waals surface area contributed by atoms with Crippen LogP contribution >= 0.6 is 0 Å². The zero-order valence-corrected chi connectivity index (χ0v) is 17.2. The van der Waals surface area contributed by atoms with Gasteiger partial charge in [0, 0.05) is 12.0 Å². The Morgan fingerprint density at radius 2 is 1.76 bits per heavy atom. The van der Waals surface area contributed by atoms with E-state index < -0.39 is 11.9 Å². The lowest BCUT2D eigenvalue weighted by molar-refractivity contribution is -0.151. The summed E-state index contributed by atoms with van der Waals surface area (Å²) in [5.74, 6) is -0.549. The molecule has 2 aromatic carbocycles. The van der Waals surface area contributed by atoms with Crippen LogP contribution in [0.2, 0.25) is 0 Å². The quantitative estimate of drug-likeness (QED) is 0.539. The number of methoxy groups -OCH3 is 2. The number of allylic oxidation sites excluding steroid dienone is 2.